The molecule has 1 saturated heterocycles. The number of benzene rings is 1. The summed E-state index contributed by atoms with van der Waals surface area (Å²) < 4.78 is 17.0. The summed E-state index contributed by atoms with van der Waals surface area (Å²) in [6.45, 7) is 4.80. The van der Waals surface area contributed by atoms with Crippen LogP contribution in [0.4, 0.5) is 11.4 Å². The van der Waals surface area contributed by atoms with E-state index in [9.17, 15) is 18.9 Å². The van der Waals surface area contributed by atoms with Crippen LogP contribution >= 0.6 is 0 Å². The number of carbonyl (C=O) groups is 1. The van der Waals surface area contributed by atoms with Crippen molar-refractivity contribution in [2.75, 3.05) is 22.7 Å². The van der Waals surface area contributed by atoms with Gasteiger partial charge in [-0.2, -0.15) is 0 Å². The van der Waals surface area contributed by atoms with Crippen molar-refractivity contribution in [2.24, 2.45) is 13.0 Å². The van der Waals surface area contributed by atoms with Crippen LogP contribution in [0.3, 0.4) is 0 Å². The molecule has 1 aromatic carbocycles. The molecule has 0 aliphatic carbocycles. The average molecular weight is 378 g/mol. The third kappa shape index (κ3) is 3.39. The molecule has 8 nitrogen and oxygen atoms in total. The van der Waals surface area contributed by atoms with Crippen LogP contribution in [0.25, 0.3) is 10.9 Å². The van der Waals surface area contributed by atoms with Crippen molar-refractivity contribution in [3.63, 3.8) is 0 Å². The second kappa shape index (κ2) is 6.99. The Kier molecular flexibility index (Phi) is 4.90. The van der Waals surface area contributed by atoms with Gasteiger partial charge < -0.3 is 15.0 Å². The number of aryl methyl sites for hydroxylation is 1. The van der Waals surface area contributed by atoms with Gasteiger partial charge in [-0.25, -0.2) is 4.21 Å². The van der Waals surface area contributed by atoms with Crippen LogP contribution in [0.5, 0.6) is 5.75 Å². The fourth-order valence-electron chi connectivity index (χ4n) is 2.87. The van der Waals surface area contributed by atoms with Crippen molar-refractivity contribution < 1.29 is 14.1 Å². The van der Waals surface area contributed by atoms with Crippen LogP contribution in [0, 0.1) is 5.92 Å². The van der Waals surface area contributed by atoms with Crippen LogP contribution in [-0.2, 0) is 23.0 Å². The van der Waals surface area contributed by atoms with Crippen LogP contribution < -0.4 is 19.9 Å². The Morgan fingerprint density at radius 1 is 1.31 bits per heavy atom. The normalized spacial score (nSPS) is 17.2. The zero-order valence-electron chi connectivity index (χ0n) is 14.9. The molecule has 1 fully saturated rings. The maximum Gasteiger partial charge on any atom is 0.274 e. The van der Waals surface area contributed by atoms with Crippen molar-refractivity contribution in [3.8, 4) is 5.75 Å². The number of phenols is 1. The summed E-state index contributed by atoms with van der Waals surface area (Å²) in [5.41, 5.74) is 1.11. The highest BCUT2D eigenvalue weighted by Crippen LogP contribution is 2.34. The molecule has 0 saturated carbocycles. The zero-order chi connectivity index (χ0) is 19.0. The van der Waals surface area contributed by atoms with Gasteiger partial charge in [0.05, 0.1) is 11.2 Å². The first-order valence-corrected chi connectivity index (χ1v) is 9.48. The van der Waals surface area contributed by atoms with E-state index in [1.807, 2.05) is 0 Å². The van der Waals surface area contributed by atoms with Gasteiger partial charge in [0.2, 0.25) is 11.2 Å². The van der Waals surface area contributed by atoms with E-state index in [4.69, 9.17) is 0 Å². The third-order valence-electron chi connectivity index (χ3n) is 4.31. The van der Waals surface area contributed by atoms with Crippen molar-refractivity contribution in [1.82, 2.24) is 9.29 Å². The maximum atomic E-state index is 12.5. The quantitative estimate of drug-likeness (QED) is 0.726. The van der Waals surface area contributed by atoms with E-state index in [1.165, 1.54) is 14.9 Å². The number of nitrogens with zero attached hydrogens (tertiary/aromatic N) is 2. The summed E-state index contributed by atoms with van der Waals surface area (Å²) in [4.78, 5) is 24.0. The molecule has 1 atom stereocenters. The molecule has 3 N–H and O–H groups in total. The third-order valence-corrected chi connectivity index (χ3v) is 5.44. The van der Waals surface area contributed by atoms with Crippen LogP contribution in [0.2, 0.25) is 0 Å². The molecular weight excluding hydrogens is 356 g/mol. The number of rotatable bonds is 5. The van der Waals surface area contributed by atoms with Crippen molar-refractivity contribution in [1.29, 1.82) is 0 Å². The minimum absolute atomic E-state index is 0.100. The number of anilines is 2. The molecule has 1 aliphatic rings. The predicted octanol–water partition coefficient (Wildman–Crippen LogP) is 1.22. The summed E-state index contributed by atoms with van der Waals surface area (Å²) in [5, 5.41) is 14.2. The number of aromatic hydroxyl groups is 1. The standard InChI is InChI=1S/C17H22N4O4S/c1-10(2)4-5-18-12-6-11-7-14(21-9-16(23)19-26(21)25)15(22)8-13(11)20(3)17(12)24/h6-8,10,18,22H,4-5,9H2,1-3H3,(H,19,23). The Morgan fingerprint density at radius 3 is 2.65 bits per heavy atom. The van der Waals surface area contributed by atoms with Gasteiger partial charge in [-0.1, -0.05) is 13.8 Å². The smallest absolute Gasteiger partial charge is 0.274 e. The second-order valence-electron chi connectivity index (χ2n) is 6.74. The fourth-order valence-corrected chi connectivity index (χ4v) is 3.79. The Balaban J connectivity index is 2.04. The van der Waals surface area contributed by atoms with Gasteiger partial charge in [0.1, 0.15) is 18.0 Å². The first-order chi connectivity index (χ1) is 12.3. The molecular formula is C17H22N4O4S. The SMILES string of the molecule is CC(C)CCNc1cc2cc(N3CC(=O)NS3=O)c(O)cc2n(C)c1=O. The minimum atomic E-state index is -1.73. The predicted molar refractivity (Wildman–Crippen MR) is 102 cm³/mol. The topological polar surface area (TPSA) is 104 Å². The summed E-state index contributed by atoms with van der Waals surface area (Å²) in [6.07, 6.45) is 0.933. The largest absolute Gasteiger partial charge is 0.506 e. The Bertz CT molecular complexity index is 954. The van der Waals surface area contributed by atoms with Crippen LogP contribution in [0.1, 0.15) is 20.3 Å². The highest BCUT2D eigenvalue weighted by atomic mass is 32.2. The molecule has 1 aliphatic heterocycles. The Labute approximate surface area is 153 Å². The van der Waals surface area contributed by atoms with Crippen molar-refractivity contribution >= 4 is 39.4 Å². The summed E-state index contributed by atoms with van der Waals surface area (Å²) in [5.74, 6) is 0.00254. The lowest BCUT2D eigenvalue weighted by Gasteiger charge is -2.18. The summed E-state index contributed by atoms with van der Waals surface area (Å²) >= 11 is -1.73. The number of aromatic nitrogens is 1. The molecule has 2 aromatic rings. The molecule has 1 aromatic heterocycles. The highest BCUT2D eigenvalue weighted by Gasteiger charge is 2.29. The van der Waals surface area contributed by atoms with E-state index >= 15 is 0 Å². The lowest BCUT2D eigenvalue weighted by atomic mass is 10.1. The Morgan fingerprint density at radius 2 is 2.04 bits per heavy atom. The van der Waals surface area contributed by atoms with E-state index in [2.05, 4.69) is 23.9 Å². The minimum Gasteiger partial charge on any atom is -0.506 e. The Hall–Kier alpha value is -2.55. The highest BCUT2D eigenvalue weighted by molar-refractivity contribution is 7.85. The van der Waals surface area contributed by atoms with Gasteiger partial charge in [-0.3, -0.25) is 18.6 Å². The number of phenolic OH excluding ortho intramolecular Hbond substituents is 1. The maximum absolute atomic E-state index is 12.5. The average Bonchev–Trinajstić information content (AvgIpc) is 2.90. The molecule has 1 amide bonds. The van der Waals surface area contributed by atoms with Crippen molar-refractivity contribution in [3.05, 3.63) is 28.6 Å². The van der Waals surface area contributed by atoms with Crippen molar-refractivity contribution in [2.45, 2.75) is 20.3 Å². The van der Waals surface area contributed by atoms with E-state index in [1.54, 1.807) is 19.2 Å². The van der Waals surface area contributed by atoms with Gasteiger partial charge in [-0.05, 0) is 24.5 Å². The molecule has 140 valence electrons. The van der Waals surface area contributed by atoms with E-state index in [0.29, 0.717) is 29.1 Å². The monoisotopic (exact) mass is 378 g/mol. The molecule has 0 bridgehead atoms. The lowest BCUT2D eigenvalue weighted by Crippen LogP contribution is -2.24. The molecule has 9 heteroatoms. The van der Waals surface area contributed by atoms with Gasteiger partial charge in [0, 0.05) is 25.0 Å². The number of amides is 1. The first kappa shape index (κ1) is 18.2. The summed E-state index contributed by atoms with van der Waals surface area (Å²) in [7, 11) is 1.64. The lowest BCUT2D eigenvalue weighted by molar-refractivity contribution is -0.117. The molecule has 26 heavy (non-hydrogen) atoms. The van der Waals surface area contributed by atoms with E-state index in [-0.39, 0.29) is 29.4 Å². The number of fused-ring (bicyclic) bond motifs is 1. The van der Waals surface area contributed by atoms with Crippen LogP contribution in [-0.4, -0.2) is 32.9 Å². The second-order valence-corrected chi connectivity index (χ2v) is 7.89. The van der Waals surface area contributed by atoms with Gasteiger partial charge in [-0.15, -0.1) is 0 Å². The van der Waals surface area contributed by atoms with Crippen LogP contribution in [0.15, 0.2) is 23.0 Å². The number of pyridine rings is 1. The molecule has 0 radical (unpaired) electrons. The number of hydrogen-bond donors (Lipinski definition) is 3. The molecule has 2 heterocycles. The fraction of sp³-hybridized carbons (Fsp3) is 0.412. The number of hydrogen-bond acceptors (Lipinski definition) is 5. The molecule has 0 spiro atoms. The first-order valence-electron chi connectivity index (χ1n) is 8.37. The summed E-state index contributed by atoms with van der Waals surface area (Å²) in [6, 6.07) is 4.80. The number of carbonyl (C=O) groups excluding carboxylic acids is 1. The van der Waals surface area contributed by atoms with Gasteiger partial charge >= 0.3 is 0 Å². The van der Waals surface area contributed by atoms with Gasteiger partial charge in [0.15, 0.2) is 0 Å². The molecule has 1 unspecified atom stereocenters. The zero-order valence-corrected chi connectivity index (χ0v) is 15.7. The van der Waals surface area contributed by atoms with E-state index in [0.717, 1.165) is 6.42 Å². The van der Waals surface area contributed by atoms with E-state index < -0.39 is 11.2 Å². The molecule has 3 rings (SSSR count). The number of nitrogens with one attached hydrogen (secondary N) is 2. The van der Waals surface area contributed by atoms with Gasteiger partial charge in [0.25, 0.3) is 11.5 Å².